The minimum Gasteiger partial charge on any atom is -0.370 e. The first-order valence-electron chi connectivity index (χ1n) is 3.86. The second kappa shape index (κ2) is 3.09. The molecule has 1 aliphatic rings. The Bertz CT molecular complexity index is 155. The van der Waals surface area contributed by atoms with E-state index in [1.165, 1.54) is 0 Å². The zero-order valence-corrected chi connectivity index (χ0v) is 7.17. The Morgan fingerprint density at radius 3 is 2.55 bits per heavy atom. The van der Waals surface area contributed by atoms with Crippen molar-refractivity contribution in [2.75, 3.05) is 27.2 Å². The van der Waals surface area contributed by atoms with Gasteiger partial charge in [0.1, 0.15) is 0 Å². The van der Waals surface area contributed by atoms with Crippen LogP contribution < -0.4 is 5.73 Å². The molecule has 1 fully saturated rings. The number of likely N-dealkylation sites (tertiary alicyclic amines) is 1. The van der Waals surface area contributed by atoms with Gasteiger partial charge >= 0.3 is 0 Å². The Balaban J connectivity index is 2.41. The van der Waals surface area contributed by atoms with Gasteiger partial charge < -0.3 is 15.5 Å². The maximum Gasteiger partial charge on any atom is 0.188 e. The molecule has 64 valence electrons. The molecule has 0 bridgehead atoms. The van der Waals surface area contributed by atoms with Crippen molar-refractivity contribution < 1.29 is 0 Å². The number of nitrogens with two attached hydrogens (primary N) is 1. The van der Waals surface area contributed by atoms with Gasteiger partial charge in [-0.3, -0.25) is 5.41 Å². The van der Waals surface area contributed by atoms with Gasteiger partial charge in [0.2, 0.25) is 0 Å². The molecular formula is C7H16N4. The molecule has 4 nitrogen and oxygen atoms in total. The third-order valence-electron chi connectivity index (χ3n) is 2.23. The molecule has 0 aliphatic carbocycles. The molecule has 3 N–H and O–H groups in total. The lowest BCUT2D eigenvalue weighted by molar-refractivity contribution is 0.300. The van der Waals surface area contributed by atoms with Gasteiger partial charge in [-0.2, -0.15) is 0 Å². The van der Waals surface area contributed by atoms with Crippen LogP contribution in [0, 0.1) is 5.41 Å². The second-order valence-corrected chi connectivity index (χ2v) is 3.24. The molecule has 0 saturated carbocycles. The Hall–Kier alpha value is -0.770. The quantitative estimate of drug-likeness (QED) is 0.398. The van der Waals surface area contributed by atoms with Crippen LogP contribution in [0.15, 0.2) is 0 Å². The van der Waals surface area contributed by atoms with Gasteiger partial charge in [0.25, 0.3) is 0 Å². The minimum absolute atomic E-state index is 0.203. The molecule has 1 aliphatic heterocycles. The number of guanidine groups is 1. The van der Waals surface area contributed by atoms with Crippen LogP contribution in [0.3, 0.4) is 0 Å². The van der Waals surface area contributed by atoms with Crippen molar-refractivity contribution >= 4 is 5.96 Å². The number of likely N-dealkylation sites (N-methyl/N-ethyl adjacent to an activating group) is 1. The number of nitrogens with one attached hydrogen (secondary N) is 1. The fourth-order valence-corrected chi connectivity index (χ4v) is 1.38. The van der Waals surface area contributed by atoms with Crippen LogP contribution in [0.25, 0.3) is 0 Å². The lowest BCUT2D eigenvalue weighted by Crippen LogP contribution is -2.37. The summed E-state index contributed by atoms with van der Waals surface area (Å²) in [6.45, 7) is 1.83. The molecule has 0 spiro atoms. The highest BCUT2D eigenvalue weighted by Crippen LogP contribution is 2.11. The number of rotatable bonds is 1. The van der Waals surface area contributed by atoms with Crippen LogP contribution in [0.4, 0.5) is 0 Å². The third-order valence-corrected chi connectivity index (χ3v) is 2.23. The summed E-state index contributed by atoms with van der Waals surface area (Å²) in [6.07, 6.45) is 1.12. The van der Waals surface area contributed by atoms with Gasteiger partial charge in [-0.15, -0.1) is 0 Å². The van der Waals surface area contributed by atoms with Crippen molar-refractivity contribution in [1.29, 1.82) is 5.41 Å². The summed E-state index contributed by atoms with van der Waals surface area (Å²) in [6, 6.07) is 0.568. The summed E-state index contributed by atoms with van der Waals surface area (Å²) in [5.74, 6) is 0.203. The summed E-state index contributed by atoms with van der Waals surface area (Å²) < 4.78 is 0. The molecule has 1 unspecified atom stereocenters. The highest BCUT2D eigenvalue weighted by atomic mass is 15.3. The normalized spacial score (nSPS) is 24.6. The SMILES string of the molecule is CN(C)C1CCN(C(=N)N)C1. The Kier molecular flexibility index (Phi) is 2.34. The Morgan fingerprint density at radius 1 is 1.64 bits per heavy atom. The molecule has 1 heterocycles. The summed E-state index contributed by atoms with van der Waals surface area (Å²) in [4.78, 5) is 4.09. The molecule has 11 heavy (non-hydrogen) atoms. The molecule has 0 radical (unpaired) electrons. The summed E-state index contributed by atoms with van der Waals surface area (Å²) >= 11 is 0. The molecule has 0 aromatic rings. The van der Waals surface area contributed by atoms with Crippen molar-refractivity contribution in [1.82, 2.24) is 9.80 Å². The summed E-state index contributed by atoms with van der Waals surface area (Å²) in [7, 11) is 4.13. The van der Waals surface area contributed by atoms with E-state index in [4.69, 9.17) is 11.1 Å². The maximum absolute atomic E-state index is 7.21. The van der Waals surface area contributed by atoms with E-state index < -0.39 is 0 Å². The highest BCUT2D eigenvalue weighted by molar-refractivity contribution is 5.74. The van der Waals surface area contributed by atoms with E-state index in [-0.39, 0.29) is 5.96 Å². The van der Waals surface area contributed by atoms with E-state index in [1.54, 1.807) is 0 Å². The molecule has 1 rings (SSSR count). The average Bonchev–Trinajstić information content (AvgIpc) is 2.33. The van der Waals surface area contributed by atoms with Gasteiger partial charge in [-0.1, -0.05) is 0 Å². The van der Waals surface area contributed by atoms with Crippen LogP contribution in [-0.4, -0.2) is 49.0 Å². The van der Waals surface area contributed by atoms with Crippen molar-refractivity contribution in [3.05, 3.63) is 0 Å². The zero-order valence-electron chi connectivity index (χ0n) is 7.17. The minimum atomic E-state index is 0.203. The van der Waals surface area contributed by atoms with Gasteiger partial charge in [0.05, 0.1) is 0 Å². The summed E-state index contributed by atoms with van der Waals surface area (Å²) in [5, 5.41) is 7.21. The van der Waals surface area contributed by atoms with E-state index in [1.807, 2.05) is 4.90 Å². The lowest BCUT2D eigenvalue weighted by atomic mass is 10.2. The lowest BCUT2D eigenvalue weighted by Gasteiger charge is -2.19. The first-order chi connectivity index (χ1) is 5.11. The second-order valence-electron chi connectivity index (χ2n) is 3.24. The van der Waals surface area contributed by atoms with E-state index in [0.29, 0.717) is 6.04 Å². The van der Waals surface area contributed by atoms with E-state index in [0.717, 1.165) is 19.5 Å². The summed E-state index contributed by atoms with van der Waals surface area (Å²) in [5.41, 5.74) is 5.35. The topological polar surface area (TPSA) is 56.4 Å². The number of nitrogens with zero attached hydrogens (tertiary/aromatic N) is 2. The van der Waals surface area contributed by atoms with Crippen molar-refractivity contribution in [3.8, 4) is 0 Å². The van der Waals surface area contributed by atoms with Crippen LogP contribution in [0.2, 0.25) is 0 Å². The molecular weight excluding hydrogens is 140 g/mol. The van der Waals surface area contributed by atoms with Crippen molar-refractivity contribution in [2.45, 2.75) is 12.5 Å². The molecule has 0 aromatic heterocycles. The fraction of sp³-hybridized carbons (Fsp3) is 0.857. The van der Waals surface area contributed by atoms with E-state index >= 15 is 0 Å². The molecule has 0 amide bonds. The van der Waals surface area contributed by atoms with E-state index in [2.05, 4.69) is 19.0 Å². The van der Waals surface area contributed by atoms with Crippen molar-refractivity contribution in [3.63, 3.8) is 0 Å². The fourth-order valence-electron chi connectivity index (χ4n) is 1.38. The largest absolute Gasteiger partial charge is 0.370 e. The number of hydrogen-bond donors (Lipinski definition) is 2. The van der Waals surface area contributed by atoms with Crippen LogP contribution >= 0.6 is 0 Å². The maximum atomic E-state index is 7.21. The van der Waals surface area contributed by atoms with Crippen LogP contribution in [-0.2, 0) is 0 Å². The van der Waals surface area contributed by atoms with Crippen LogP contribution in [0.5, 0.6) is 0 Å². The van der Waals surface area contributed by atoms with Gasteiger partial charge in [0.15, 0.2) is 5.96 Å². The molecule has 0 aromatic carbocycles. The molecule has 4 heteroatoms. The Labute approximate surface area is 67.5 Å². The predicted octanol–water partition coefficient (Wildman–Crippen LogP) is -0.484. The first-order valence-corrected chi connectivity index (χ1v) is 3.86. The monoisotopic (exact) mass is 156 g/mol. The number of hydrogen-bond acceptors (Lipinski definition) is 2. The van der Waals surface area contributed by atoms with Gasteiger partial charge in [-0.25, -0.2) is 0 Å². The predicted molar refractivity (Wildman–Crippen MR) is 45.6 cm³/mol. The smallest absolute Gasteiger partial charge is 0.188 e. The molecule has 1 saturated heterocycles. The van der Waals surface area contributed by atoms with Crippen LogP contribution in [0.1, 0.15) is 6.42 Å². The third kappa shape index (κ3) is 1.83. The van der Waals surface area contributed by atoms with E-state index in [9.17, 15) is 0 Å². The zero-order chi connectivity index (χ0) is 8.43. The highest BCUT2D eigenvalue weighted by Gasteiger charge is 2.24. The molecule has 1 atom stereocenters. The van der Waals surface area contributed by atoms with Gasteiger partial charge in [0, 0.05) is 19.1 Å². The Morgan fingerprint density at radius 2 is 2.27 bits per heavy atom. The van der Waals surface area contributed by atoms with Gasteiger partial charge in [-0.05, 0) is 20.5 Å². The standard InChI is InChI=1S/C7H16N4/c1-10(2)6-3-4-11(5-6)7(8)9/h6H,3-5H2,1-2H3,(H3,8,9). The first kappa shape index (κ1) is 8.33. The average molecular weight is 156 g/mol. The van der Waals surface area contributed by atoms with Crippen molar-refractivity contribution in [2.24, 2.45) is 5.73 Å².